The summed E-state index contributed by atoms with van der Waals surface area (Å²) in [7, 11) is 0. The third-order valence-corrected chi connectivity index (χ3v) is 2.85. The number of nitrogens with zero attached hydrogens (tertiary/aromatic N) is 1. The van der Waals surface area contributed by atoms with Gasteiger partial charge in [-0.1, -0.05) is 19.9 Å². The molecule has 0 spiro atoms. The summed E-state index contributed by atoms with van der Waals surface area (Å²) < 4.78 is 0. The fourth-order valence-corrected chi connectivity index (χ4v) is 1.70. The first-order chi connectivity index (χ1) is 8.93. The van der Waals surface area contributed by atoms with Crippen molar-refractivity contribution in [3.63, 3.8) is 0 Å². The van der Waals surface area contributed by atoms with Crippen molar-refractivity contribution >= 4 is 34.7 Å². The Bertz CT molecular complexity index is 484. The molecule has 0 aliphatic carbocycles. The van der Waals surface area contributed by atoms with Gasteiger partial charge in [-0.25, -0.2) is 4.99 Å². The second-order valence-electron chi connectivity index (χ2n) is 4.83. The number of hydrogen-bond acceptors (Lipinski definition) is 2. The average molecular weight is 282 g/mol. The molecule has 104 valence electrons. The van der Waals surface area contributed by atoms with Gasteiger partial charge in [0.05, 0.1) is 11.6 Å². The van der Waals surface area contributed by atoms with Crippen LogP contribution in [-0.2, 0) is 4.79 Å². The van der Waals surface area contributed by atoms with Crippen molar-refractivity contribution in [2.75, 3.05) is 11.2 Å². The highest BCUT2D eigenvalue weighted by atomic mass is 35.5. The molecule has 4 nitrogen and oxygen atoms in total. The quantitative estimate of drug-likeness (QED) is 0.494. The van der Waals surface area contributed by atoms with Gasteiger partial charge in [0.1, 0.15) is 5.84 Å². The van der Waals surface area contributed by atoms with Crippen LogP contribution in [0.15, 0.2) is 23.2 Å². The summed E-state index contributed by atoms with van der Waals surface area (Å²) in [5.74, 6) is 0.872. The van der Waals surface area contributed by atoms with Gasteiger partial charge in [-0.3, -0.25) is 4.79 Å². The Labute approximate surface area is 119 Å². The largest absolute Gasteiger partial charge is 0.386 e. The molecule has 0 aliphatic rings. The Morgan fingerprint density at radius 3 is 2.74 bits per heavy atom. The molecule has 1 aromatic rings. The normalized spacial score (nSPS) is 11.7. The maximum absolute atomic E-state index is 11.8. The Morgan fingerprint density at radius 1 is 1.47 bits per heavy atom. The number of anilines is 1. The molecule has 0 saturated heterocycles. The van der Waals surface area contributed by atoms with Crippen molar-refractivity contribution in [2.24, 2.45) is 16.6 Å². The van der Waals surface area contributed by atoms with Crippen LogP contribution in [0.1, 0.15) is 25.8 Å². The molecule has 0 atom stereocenters. The van der Waals surface area contributed by atoms with Crippen molar-refractivity contribution in [2.45, 2.75) is 27.2 Å². The second-order valence-corrected chi connectivity index (χ2v) is 5.10. The van der Waals surface area contributed by atoms with Crippen molar-refractivity contribution in [3.8, 4) is 0 Å². The number of carbonyl (C=O) groups excluding carboxylic acids is 1. The van der Waals surface area contributed by atoms with Crippen LogP contribution in [0, 0.1) is 12.8 Å². The monoisotopic (exact) mass is 281 g/mol. The Hall–Kier alpha value is -1.55. The number of halogens is 1. The van der Waals surface area contributed by atoms with Crippen LogP contribution in [0.4, 0.5) is 11.4 Å². The number of nitrogens with two attached hydrogens (primary N) is 1. The van der Waals surface area contributed by atoms with E-state index in [-0.39, 0.29) is 11.8 Å². The lowest BCUT2D eigenvalue weighted by Crippen LogP contribution is -2.15. The average Bonchev–Trinajstić information content (AvgIpc) is 2.33. The van der Waals surface area contributed by atoms with Crippen molar-refractivity contribution in [1.29, 1.82) is 0 Å². The fraction of sp³-hybridized carbons (Fsp3) is 0.429. The lowest BCUT2D eigenvalue weighted by Gasteiger charge is -2.11. The molecular formula is C14H20ClN3O. The first kappa shape index (κ1) is 15.5. The van der Waals surface area contributed by atoms with Crippen molar-refractivity contribution in [1.82, 2.24) is 0 Å². The highest BCUT2D eigenvalue weighted by Gasteiger charge is 2.09. The van der Waals surface area contributed by atoms with Gasteiger partial charge in [0.2, 0.25) is 5.91 Å². The highest BCUT2D eigenvalue weighted by molar-refractivity contribution is 6.28. The molecule has 1 rings (SSSR count). The van der Waals surface area contributed by atoms with E-state index in [1.807, 2.05) is 39.0 Å². The van der Waals surface area contributed by atoms with Gasteiger partial charge < -0.3 is 11.1 Å². The minimum Gasteiger partial charge on any atom is -0.386 e. The smallest absolute Gasteiger partial charge is 0.224 e. The van der Waals surface area contributed by atoms with E-state index >= 15 is 0 Å². The Kier molecular flexibility index (Phi) is 5.83. The molecule has 0 aliphatic heterocycles. The third-order valence-electron chi connectivity index (χ3n) is 2.57. The zero-order valence-corrected chi connectivity index (χ0v) is 12.3. The fourth-order valence-electron chi connectivity index (χ4n) is 1.64. The highest BCUT2D eigenvalue weighted by Crippen LogP contribution is 2.26. The van der Waals surface area contributed by atoms with Gasteiger partial charge in [0.25, 0.3) is 0 Å². The number of nitrogens with one attached hydrogen (secondary N) is 1. The summed E-state index contributed by atoms with van der Waals surface area (Å²) in [5.41, 5.74) is 7.99. The lowest BCUT2D eigenvalue weighted by atomic mass is 10.1. The predicted molar refractivity (Wildman–Crippen MR) is 81.3 cm³/mol. The van der Waals surface area contributed by atoms with Gasteiger partial charge >= 0.3 is 0 Å². The number of benzene rings is 1. The number of alkyl halides is 1. The summed E-state index contributed by atoms with van der Waals surface area (Å²) in [5, 5.41) is 2.89. The molecule has 0 radical (unpaired) electrons. The summed E-state index contributed by atoms with van der Waals surface area (Å²) in [6.07, 6.45) is 0.497. The topological polar surface area (TPSA) is 67.5 Å². The summed E-state index contributed by atoms with van der Waals surface area (Å²) in [4.78, 5) is 16.0. The maximum atomic E-state index is 11.8. The van der Waals surface area contributed by atoms with E-state index in [1.165, 1.54) is 0 Å². The number of carbonyl (C=O) groups is 1. The molecule has 0 saturated carbocycles. The van der Waals surface area contributed by atoms with Crippen LogP contribution in [0.2, 0.25) is 0 Å². The van der Waals surface area contributed by atoms with E-state index in [2.05, 4.69) is 10.3 Å². The van der Waals surface area contributed by atoms with Crippen LogP contribution < -0.4 is 11.1 Å². The first-order valence-electron chi connectivity index (χ1n) is 6.22. The van der Waals surface area contributed by atoms with E-state index in [0.29, 0.717) is 18.2 Å². The molecule has 1 aromatic carbocycles. The maximum Gasteiger partial charge on any atom is 0.224 e. The Morgan fingerprint density at radius 2 is 2.16 bits per heavy atom. The van der Waals surface area contributed by atoms with Gasteiger partial charge in [-0.15, -0.1) is 11.6 Å². The zero-order chi connectivity index (χ0) is 14.4. The number of amides is 1. The van der Waals surface area contributed by atoms with Crippen LogP contribution in [0.5, 0.6) is 0 Å². The minimum absolute atomic E-state index is 0.00421. The molecule has 1 amide bonds. The van der Waals surface area contributed by atoms with Gasteiger partial charge in [0, 0.05) is 12.1 Å². The van der Waals surface area contributed by atoms with Crippen LogP contribution >= 0.6 is 11.6 Å². The van der Waals surface area contributed by atoms with E-state index in [1.54, 1.807) is 0 Å². The molecular weight excluding hydrogens is 262 g/mol. The number of hydrogen-bond donors (Lipinski definition) is 2. The lowest BCUT2D eigenvalue weighted by molar-refractivity contribution is -0.116. The van der Waals surface area contributed by atoms with Gasteiger partial charge in [-0.2, -0.15) is 0 Å². The summed E-state index contributed by atoms with van der Waals surface area (Å²) in [6, 6.07) is 5.52. The predicted octanol–water partition coefficient (Wildman–Crippen LogP) is 3.21. The van der Waals surface area contributed by atoms with E-state index in [9.17, 15) is 4.79 Å². The molecule has 0 aromatic heterocycles. The van der Waals surface area contributed by atoms with Crippen LogP contribution in [0.25, 0.3) is 0 Å². The van der Waals surface area contributed by atoms with E-state index < -0.39 is 0 Å². The van der Waals surface area contributed by atoms with Crippen LogP contribution in [0.3, 0.4) is 0 Å². The SMILES string of the molecule is Cc1c(N=C(N)CCl)cccc1NC(=O)CC(C)C. The van der Waals surface area contributed by atoms with Crippen molar-refractivity contribution < 1.29 is 4.79 Å². The summed E-state index contributed by atoms with van der Waals surface area (Å²) in [6.45, 7) is 5.91. The molecule has 19 heavy (non-hydrogen) atoms. The molecule has 5 heteroatoms. The standard InChI is InChI=1S/C14H20ClN3O/c1-9(2)7-14(19)18-12-6-4-5-11(10(12)3)17-13(16)8-15/h4-6,9H,7-8H2,1-3H3,(H2,16,17)(H,18,19). The van der Waals surface area contributed by atoms with Gasteiger partial charge in [-0.05, 0) is 30.5 Å². The van der Waals surface area contributed by atoms with E-state index in [0.717, 1.165) is 16.9 Å². The number of amidine groups is 1. The zero-order valence-electron chi connectivity index (χ0n) is 11.5. The molecule has 0 bridgehead atoms. The molecule has 0 unspecified atom stereocenters. The second kappa shape index (κ2) is 7.14. The molecule has 3 N–H and O–H groups in total. The first-order valence-corrected chi connectivity index (χ1v) is 6.76. The Balaban J connectivity index is 2.92. The van der Waals surface area contributed by atoms with Crippen molar-refractivity contribution in [3.05, 3.63) is 23.8 Å². The number of rotatable bonds is 5. The number of aliphatic imine (C=N–C) groups is 1. The molecule has 0 heterocycles. The summed E-state index contributed by atoms with van der Waals surface area (Å²) >= 11 is 5.61. The molecule has 0 fully saturated rings. The third kappa shape index (κ3) is 4.91. The van der Waals surface area contributed by atoms with Gasteiger partial charge in [0.15, 0.2) is 0 Å². The van der Waals surface area contributed by atoms with Crippen LogP contribution in [-0.4, -0.2) is 17.6 Å². The van der Waals surface area contributed by atoms with E-state index in [4.69, 9.17) is 17.3 Å². The minimum atomic E-state index is 0.00421.